The fraction of sp³-hybridized carbons (Fsp3) is 0.500. The van der Waals surface area contributed by atoms with Gasteiger partial charge in [0.1, 0.15) is 11.9 Å². The molecule has 1 aliphatic rings. The molecule has 1 fully saturated rings. The molecule has 2 aromatic rings. The minimum Gasteiger partial charge on any atom is -0.366 e. The molecule has 22 heavy (non-hydrogen) atoms. The van der Waals surface area contributed by atoms with Crippen LogP contribution in [-0.2, 0) is 16.0 Å². The molecule has 1 amide bonds. The van der Waals surface area contributed by atoms with Crippen LogP contribution in [0, 0.1) is 6.92 Å². The van der Waals surface area contributed by atoms with E-state index in [0.29, 0.717) is 31.9 Å². The third-order valence-electron chi connectivity index (χ3n) is 3.54. The van der Waals surface area contributed by atoms with Gasteiger partial charge in [-0.15, -0.1) is 11.3 Å². The van der Waals surface area contributed by atoms with Crippen LogP contribution < -0.4 is 0 Å². The van der Waals surface area contributed by atoms with E-state index in [2.05, 4.69) is 15.2 Å². The van der Waals surface area contributed by atoms with E-state index in [-0.39, 0.29) is 12.0 Å². The van der Waals surface area contributed by atoms with Gasteiger partial charge in [0.05, 0.1) is 17.5 Å². The van der Waals surface area contributed by atoms with Crippen LogP contribution in [0.25, 0.3) is 0 Å². The van der Waals surface area contributed by atoms with Gasteiger partial charge in [0.15, 0.2) is 5.82 Å². The van der Waals surface area contributed by atoms with Crippen LogP contribution in [0.5, 0.6) is 0 Å². The van der Waals surface area contributed by atoms with Crippen molar-refractivity contribution in [2.75, 3.05) is 19.7 Å². The molecule has 1 atom stereocenters. The first kappa shape index (κ1) is 15.5. The Bertz CT molecular complexity index is 657. The van der Waals surface area contributed by atoms with Crippen LogP contribution in [0.2, 0.25) is 4.34 Å². The number of aromatic amines is 1. The number of thiophene rings is 1. The molecule has 0 bridgehead atoms. The van der Waals surface area contributed by atoms with Crippen LogP contribution in [0.4, 0.5) is 0 Å². The Kier molecular flexibility index (Phi) is 4.75. The number of hydrogen-bond acceptors (Lipinski definition) is 5. The van der Waals surface area contributed by atoms with Crippen molar-refractivity contribution >= 4 is 28.8 Å². The summed E-state index contributed by atoms with van der Waals surface area (Å²) in [5.41, 5.74) is 0. The summed E-state index contributed by atoms with van der Waals surface area (Å²) in [6, 6.07) is 3.83. The minimum absolute atomic E-state index is 0.130. The lowest BCUT2D eigenvalue weighted by atomic mass is 10.2. The number of hydrogen-bond donors (Lipinski definition) is 1. The van der Waals surface area contributed by atoms with Gasteiger partial charge in [0.2, 0.25) is 5.91 Å². The molecule has 1 aliphatic heterocycles. The van der Waals surface area contributed by atoms with Gasteiger partial charge in [0.25, 0.3) is 0 Å². The first-order valence-electron chi connectivity index (χ1n) is 7.14. The number of amides is 1. The zero-order chi connectivity index (χ0) is 15.5. The number of nitrogens with zero attached hydrogens (tertiary/aromatic N) is 3. The van der Waals surface area contributed by atoms with Gasteiger partial charge in [-0.1, -0.05) is 11.6 Å². The van der Waals surface area contributed by atoms with E-state index in [0.717, 1.165) is 21.5 Å². The Morgan fingerprint density at radius 2 is 2.45 bits per heavy atom. The van der Waals surface area contributed by atoms with Crippen LogP contribution in [0.3, 0.4) is 0 Å². The highest BCUT2D eigenvalue weighted by Crippen LogP contribution is 2.24. The molecule has 1 N–H and O–H groups in total. The number of morpholine rings is 1. The van der Waals surface area contributed by atoms with Crippen LogP contribution in [0.15, 0.2) is 12.1 Å². The molecule has 0 aromatic carbocycles. The van der Waals surface area contributed by atoms with Crippen molar-refractivity contribution in [1.82, 2.24) is 20.1 Å². The second kappa shape index (κ2) is 6.76. The van der Waals surface area contributed by atoms with E-state index < -0.39 is 0 Å². The Labute approximate surface area is 137 Å². The monoisotopic (exact) mass is 340 g/mol. The topological polar surface area (TPSA) is 71.1 Å². The Morgan fingerprint density at radius 1 is 1.59 bits per heavy atom. The van der Waals surface area contributed by atoms with Crippen molar-refractivity contribution in [3.63, 3.8) is 0 Å². The number of aromatic nitrogens is 3. The van der Waals surface area contributed by atoms with Crippen molar-refractivity contribution < 1.29 is 9.53 Å². The quantitative estimate of drug-likeness (QED) is 0.927. The molecule has 2 aromatic heterocycles. The summed E-state index contributed by atoms with van der Waals surface area (Å²) in [4.78, 5) is 19.6. The molecule has 1 saturated heterocycles. The zero-order valence-electron chi connectivity index (χ0n) is 12.2. The lowest BCUT2D eigenvalue weighted by Gasteiger charge is -2.31. The summed E-state index contributed by atoms with van der Waals surface area (Å²) in [6.45, 7) is 3.47. The summed E-state index contributed by atoms with van der Waals surface area (Å²) in [5.74, 6) is 1.49. The number of nitrogens with one attached hydrogen (secondary N) is 1. The first-order chi connectivity index (χ1) is 10.6. The molecule has 0 unspecified atom stereocenters. The molecule has 0 saturated carbocycles. The molecule has 3 heterocycles. The van der Waals surface area contributed by atoms with E-state index in [9.17, 15) is 4.79 Å². The van der Waals surface area contributed by atoms with E-state index in [1.165, 1.54) is 11.3 Å². The molecular formula is C14H17ClN4O2S. The normalized spacial score (nSPS) is 18.6. The van der Waals surface area contributed by atoms with Gasteiger partial charge >= 0.3 is 0 Å². The lowest BCUT2D eigenvalue weighted by molar-refractivity contribution is -0.139. The largest absolute Gasteiger partial charge is 0.366 e. The van der Waals surface area contributed by atoms with Crippen LogP contribution >= 0.6 is 22.9 Å². The van der Waals surface area contributed by atoms with Gasteiger partial charge in [0, 0.05) is 17.8 Å². The molecule has 118 valence electrons. The van der Waals surface area contributed by atoms with Crippen molar-refractivity contribution in [3.05, 3.63) is 33.0 Å². The van der Waals surface area contributed by atoms with Crippen LogP contribution in [-0.4, -0.2) is 45.7 Å². The fourth-order valence-corrected chi connectivity index (χ4v) is 3.50. The van der Waals surface area contributed by atoms with Crippen LogP contribution in [0.1, 0.15) is 29.1 Å². The summed E-state index contributed by atoms with van der Waals surface area (Å²) in [5, 5.41) is 6.92. The van der Waals surface area contributed by atoms with Crippen molar-refractivity contribution in [2.24, 2.45) is 0 Å². The molecule has 6 nitrogen and oxygen atoms in total. The maximum Gasteiger partial charge on any atom is 0.223 e. The maximum absolute atomic E-state index is 12.4. The lowest BCUT2D eigenvalue weighted by Crippen LogP contribution is -2.42. The number of carbonyl (C=O) groups is 1. The third kappa shape index (κ3) is 3.66. The number of aryl methyl sites for hydroxylation is 2. The smallest absolute Gasteiger partial charge is 0.223 e. The predicted molar refractivity (Wildman–Crippen MR) is 84.0 cm³/mol. The summed E-state index contributed by atoms with van der Waals surface area (Å²) >= 11 is 7.43. The average Bonchev–Trinajstić information content (AvgIpc) is 3.13. The van der Waals surface area contributed by atoms with Gasteiger partial charge in [-0.2, -0.15) is 5.10 Å². The second-order valence-corrected chi connectivity index (χ2v) is 6.98. The summed E-state index contributed by atoms with van der Waals surface area (Å²) < 4.78 is 6.43. The predicted octanol–water partition coefficient (Wildman–Crippen LogP) is 2.36. The highest BCUT2D eigenvalue weighted by atomic mass is 35.5. The van der Waals surface area contributed by atoms with Gasteiger partial charge in [-0.3, -0.25) is 9.89 Å². The molecule has 0 radical (unpaired) electrons. The fourth-order valence-electron chi connectivity index (χ4n) is 2.41. The van der Waals surface area contributed by atoms with Crippen molar-refractivity contribution in [1.29, 1.82) is 0 Å². The van der Waals surface area contributed by atoms with Crippen molar-refractivity contribution in [3.8, 4) is 0 Å². The highest BCUT2D eigenvalue weighted by molar-refractivity contribution is 7.16. The number of H-pyrrole nitrogens is 1. The number of ether oxygens (including phenoxy) is 1. The number of rotatable bonds is 4. The molecule has 0 spiro atoms. The molecule has 8 heteroatoms. The van der Waals surface area contributed by atoms with Gasteiger partial charge < -0.3 is 9.64 Å². The maximum atomic E-state index is 12.4. The number of carbonyl (C=O) groups excluding carboxylic acids is 1. The van der Waals surface area contributed by atoms with Crippen molar-refractivity contribution in [2.45, 2.75) is 25.9 Å². The SMILES string of the molecule is Cc1nc([C@H]2CN(C(=O)CCc3ccc(Cl)s3)CCO2)n[nH]1. The van der Waals surface area contributed by atoms with E-state index in [4.69, 9.17) is 16.3 Å². The first-order valence-corrected chi connectivity index (χ1v) is 8.34. The standard InChI is InChI=1S/C14H17ClN4O2S/c1-9-16-14(18-17-9)11-8-19(6-7-21-11)13(20)5-3-10-2-4-12(15)22-10/h2,4,11H,3,5-8H2,1H3,(H,16,17,18)/t11-/m1/s1. The Hall–Kier alpha value is -1.44. The number of halogens is 1. The summed E-state index contributed by atoms with van der Waals surface area (Å²) in [7, 11) is 0. The Morgan fingerprint density at radius 3 is 3.14 bits per heavy atom. The van der Waals surface area contributed by atoms with E-state index in [1.54, 1.807) is 0 Å². The highest BCUT2D eigenvalue weighted by Gasteiger charge is 2.27. The third-order valence-corrected chi connectivity index (χ3v) is 4.83. The minimum atomic E-state index is -0.251. The molecular weight excluding hydrogens is 324 g/mol. The average molecular weight is 341 g/mol. The van der Waals surface area contributed by atoms with E-state index in [1.807, 2.05) is 24.0 Å². The van der Waals surface area contributed by atoms with Gasteiger partial charge in [-0.25, -0.2) is 4.98 Å². The second-order valence-electron chi connectivity index (χ2n) is 5.18. The zero-order valence-corrected chi connectivity index (χ0v) is 13.8. The molecule has 3 rings (SSSR count). The molecule has 0 aliphatic carbocycles. The van der Waals surface area contributed by atoms with Gasteiger partial charge in [-0.05, 0) is 25.5 Å². The summed E-state index contributed by atoms with van der Waals surface area (Å²) in [6.07, 6.45) is 0.952. The van der Waals surface area contributed by atoms with E-state index >= 15 is 0 Å². The Balaban J connectivity index is 1.55.